The molecule has 164 valence electrons. The molecule has 2 amide bonds. The summed E-state index contributed by atoms with van der Waals surface area (Å²) in [7, 11) is 0. The van der Waals surface area contributed by atoms with Gasteiger partial charge in [-0.05, 0) is 30.2 Å². The highest BCUT2D eigenvalue weighted by Crippen LogP contribution is 2.54. The molecule has 5 rings (SSSR count). The summed E-state index contributed by atoms with van der Waals surface area (Å²) < 4.78 is 40.9. The van der Waals surface area contributed by atoms with Crippen molar-refractivity contribution in [3.8, 4) is 0 Å². The number of aromatic nitrogens is 1. The zero-order valence-corrected chi connectivity index (χ0v) is 18.1. The molecule has 0 aliphatic carbocycles. The number of carbonyl (C=O) groups is 2. The van der Waals surface area contributed by atoms with Gasteiger partial charge in [-0.3, -0.25) is 14.4 Å². The van der Waals surface area contributed by atoms with Crippen molar-refractivity contribution < 1.29 is 22.8 Å². The van der Waals surface area contributed by atoms with E-state index < -0.39 is 46.3 Å². The summed E-state index contributed by atoms with van der Waals surface area (Å²) in [6.45, 7) is 1.86. The third-order valence-electron chi connectivity index (χ3n) is 5.80. The van der Waals surface area contributed by atoms with Gasteiger partial charge in [-0.2, -0.15) is 13.2 Å². The molecule has 10 heteroatoms. The highest BCUT2D eigenvalue weighted by Gasteiger charge is 2.57. The third kappa shape index (κ3) is 3.12. The molecule has 1 fully saturated rings. The average Bonchev–Trinajstić information content (AvgIpc) is 3.23. The van der Waals surface area contributed by atoms with Crippen molar-refractivity contribution in [1.29, 1.82) is 0 Å². The first-order valence-corrected chi connectivity index (χ1v) is 11.4. The van der Waals surface area contributed by atoms with E-state index in [0.29, 0.717) is 14.8 Å². The quantitative estimate of drug-likeness (QED) is 0.551. The van der Waals surface area contributed by atoms with Crippen LogP contribution >= 0.6 is 23.1 Å². The summed E-state index contributed by atoms with van der Waals surface area (Å²) in [5.41, 5.74) is 0.127. The van der Waals surface area contributed by atoms with E-state index in [4.69, 9.17) is 0 Å². The second-order valence-electron chi connectivity index (χ2n) is 7.63. The number of amides is 2. The smallest absolute Gasteiger partial charge is 0.307 e. The Kier molecular flexibility index (Phi) is 4.82. The Morgan fingerprint density at radius 2 is 1.66 bits per heavy atom. The topological polar surface area (TPSA) is 70.2 Å². The summed E-state index contributed by atoms with van der Waals surface area (Å²) in [5, 5.41) is -0.451. The fourth-order valence-electron chi connectivity index (χ4n) is 4.43. The van der Waals surface area contributed by atoms with Crippen LogP contribution in [0.1, 0.15) is 27.5 Å². The fraction of sp³-hybridized carbons (Fsp3) is 0.227. The number of hydrogen-bond donors (Lipinski definition) is 1. The van der Waals surface area contributed by atoms with Gasteiger partial charge in [0, 0.05) is 10.8 Å². The maximum Gasteiger partial charge on any atom is 0.418 e. The summed E-state index contributed by atoms with van der Waals surface area (Å²) in [5.74, 6) is -2.93. The van der Waals surface area contributed by atoms with Gasteiger partial charge < -0.3 is 4.98 Å². The van der Waals surface area contributed by atoms with Crippen LogP contribution in [0.25, 0.3) is 0 Å². The van der Waals surface area contributed by atoms with Crippen LogP contribution in [0.5, 0.6) is 0 Å². The van der Waals surface area contributed by atoms with Gasteiger partial charge in [0.15, 0.2) is 0 Å². The summed E-state index contributed by atoms with van der Waals surface area (Å²) >= 11 is 2.00. The number of fused-ring (bicyclic) bond motifs is 2. The van der Waals surface area contributed by atoms with E-state index in [9.17, 15) is 27.6 Å². The van der Waals surface area contributed by atoms with Crippen molar-refractivity contribution in [2.75, 3.05) is 4.90 Å². The van der Waals surface area contributed by atoms with Crippen LogP contribution in [0.3, 0.4) is 0 Å². The predicted molar refractivity (Wildman–Crippen MR) is 115 cm³/mol. The van der Waals surface area contributed by atoms with Crippen LogP contribution in [0.15, 0.2) is 58.4 Å². The molecule has 2 aromatic carbocycles. The number of aryl methyl sites for hydroxylation is 1. The number of thioether (sulfide) groups is 1. The Morgan fingerprint density at radius 3 is 2.38 bits per heavy atom. The highest BCUT2D eigenvalue weighted by molar-refractivity contribution is 8.00. The Hall–Kier alpha value is -2.85. The molecule has 0 saturated carbocycles. The summed E-state index contributed by atoms with van der Waals surface area (Å²) in [6, 6.07) is 11.9. The number of nitrogens with zero attached hydrogens (tertiary/aromatic N) is 1. The van der Waals surface area contributed by atoms with E-state index in [1.54, 1.807) is 6.07 Å². The standard InChI is InChI=1S/C22H15F3N2O3S2/c1-10-6-2-3-7-11(10)14-15-17(31-18-16(14)32-21(30)26-18)20(29)27(19(15)28)13-9-5-4-8-12(13)22(23,24)25/h2-9,14-15,17H,1H3,(H,26,30)/t14-,15?,17?/m1/s1. The van der Waals surface area contributed by atoms with Gasteiger partial charge in [0.2, 0.25) is 11.8 Å². The number of carbonyl (C=O) groups excluding carboxylic acids is 2. The van der Waals surface area contributed by atoms with Crippen LogP contribution in [-0.4, -0.2) is 22.0 Å². The Morgan fingerprint density at radius 1 is 0.969 bits per heavy atom. The molecule has 2 aliphatic heterocycles. The molecule has 5 nitrogen and oxygen atoms in total. The molecule has 2 unspecified atom stereocenters. The lowest BCUT2D eigenvalue weighted by Crippen LogP contribution is -2.33. The second kappa shape index (κ2) is 7.35. The average molecular weight is 477 g/mol. The molecule has 0 radical (unpaired) electrons. The number of para-hydroxylation sites is 1. The van der Waals surface area contributed by atoms with Crippen molar-refractivity contribution in [3.63, 3.8) is 0 Å². The molecule has 0 spiro atoms. The van der Waals surface area contributed by atoms with Crippen molar-refractivity contribution >= 4 is 40.6 Å². The second-order valence-corrected chi connectivity index (χ2v) is 9.80. The molecule has 0 bridgehead atoms. The first-order chi connectivity index (χ1) is 15.2. The number of H-pyrrole nitrogens is 1. The number of rotatable bonds is 2. The first kappa shape index (κ1) is 21.0. The van der Waals surface area contributed by atoms with E-state index >= 15 is 0 Å². The Labute approximate surface area is 188 Å². The molecule has 1 saturated heterocycles. The largest absolute Gasteiger partial charge is 0.418 e. The molecule has 1 N–H and O–H groups in total. The van der Waals surface area contributed by atoms with Gasteiger partial charge in [-0.25, -0.2) is 4.90 Å². The minimum atomic E-state index is -4.72. The lowest BCUT2D eigenvalue weighted by Gasteiger charge is -2.30. The number of halogens is 3. The molecule has 1 aromatic heterocycles. The molecule has 3 aromatic rings. The number of nitrogens with one attached hydrogen (secondary N) is 1. The van der Waals surface area contributed by atoms with Crippen molar-refractivity contribution in [3.05, 3.63) is 79.8 Å². The lowest BCUT2D eigenvalue weighted by molar-refractivity contribution is -0.137. The number of hydrogen-bond acceptors (Lipinski definition) is 5. The molecule has 32 heavy (non-hydrogen) atoms. The van der Waals surface area contributed by atoms with Gasteiger partial charge in [0.25, 0.3) is 0 Å². The molecule has 3 atom stereocenters. The van der Waals surface area contributed by atoms with E-state index in [2.05, 4.69) is 4.98 Å². The van der Waals surface area contributed by atoms with E-state index in [0.717, 1.165) is 46.4 Å². The van der Waals surface area contributed by atoms with Gasteiger partial charge >= 0.3 is 11.0 Å². The summed E-state index contributed by atoms with van der Waals surface area (Å²) in [4.78, 5) is 42.7. The minimum absolute atomic E-state index is 0.305. The van der Waals surface area contributed by atoms with E-state index in [1.165, 1.54) is 12.1 Å². The zero-order valence-electron chi connectivity index (χ0n) is 16.5. The number of alkyl halides is 3. The van der Waals surface area contributed by atoms with Crippen molar-refractivity contribution in [1.82, 2.24) is 4.98 Å². The third-order valence-corrected chi connectivity index (χ3v) is 8.20. The van der Waals surface area contributed by atoms with Crippen LogP contribution in [0, 0.1) is 12.8 Å². The molecule has 2 aliphatic rings. The van der Waals surface area contributed by atoms with Gasteiger partial charge in [-0.1, -0.05) is 59.5 Å². The number of benzene rings is 2. The van der Waals surface area contributed by atoms with Crippen molar-refractivity contribution in [2.45, 2.75) is 29.3 Å². The minimum Gasteiger partial charge on any atom is -0.307 e. The first-order valence-electron chi connectivity index (χ1n) is 9.67. The fourth-order valence-corrected chi connectivity index (χ4v) is 6.94. The Bertz CT molecular complexity index is 1310. The van der Waals surface area contributed by atoms with Crippen LogP contribution < -0.4 is 9.77 Å². The van der Waals surface area contributed by atoms with Crippen LogP contribution in [0.2, 0.25) is 0 Å². The Balaban J connectivity index is 1.69. The monoisotopic (exact) mass is 476 g/mol. The SMILES string of the molecule is Cc1ccccc1[C@H]1c2sc(=O)[nH]c2SC2C(=O)N(c3ccccc3C(F)(F)F)C(=O)C21. The van der Waals surface area contributed by atoms with Gasteiger partial charge in [-0.15, -0.1) is 0 Å². The normalized spacial score (nSPS) is 22.8. The van der Waals surface area contributed by atoms with Gasteiger partial charge in [0.05, 0.1) is 22.2 Å². The predicted octanol–water partition coefficient (Wildman–Crippen LogP) is 4.56. The molecular formula is C22H15F3N2O3S2. The van der Waals surface area contributed by atoms with Crippen molar-refractivity contribution in [2.24, 2.45) is 5.92 Å². The van der Waals surface area contributed by atoms with E-state index in [1.807, 2.05) is 25.1 Å². The molecule has 3 heterocycles. The number of imide groups is 1. The van der Waals surface area contributed by atoms with Gasteiger partial charge in [0.1, 0.15) is 5.25 Å². The molecular weight excluding hydrogens is 461 g/mol. The highest BCUT2D eigenvalue weighted by atomic mass is 32.2. The maximum atomic E-state index is 13.6. The van der Waals surface area contributed by atoms with Crippen LogP contribution in [-0.2, 0) is 15.8 Å². The number of aromatic amines is 1. The lowest BCUT2D eigenvalue weighted by atomic mass is 9.81. The maximum absolute atomic E-state index is 13.6. The van der Waals surface area contributed by atoms with Crippen LogP contribution in [0.4, 0.5) is 18.9 Å². The number of thiazole rings is 1. The zero-order chi connectivity index (χ0) is 22.8. The summed E-state index contributed by atoms with van der Waals surface area (Å²) in [6.07, 6.45) is -4.72. The number of anilines is 1. The van der Waals surface area contributed by atoms with E-state index in [-0.39, 0.29) is 4.87 Å².